The molecule has 0 aliphatic rings. The van der Waals surface area contributed by atoms with Gasteiger partial charge in [0.1, 0.15) is 0 Å². The van der Waals surface area contributed by atoms with E-state index in [1.54, 1.807) is 12.1 Å². The van der Waals surface area contributed by atoms with Gasteiger partial charge in [-0.15, -0.1) is 0 Å². The lowest BCUT2D eigenvalue weighted by Gasteiger charge is -2.18. The van der Waals surface area contributed by atoms with E-state index in [1.165, 1.54) is 18.2 Å². The van der Waals surface area contributed by atoms with Crippen LogP contribution in [0, 0.1) is 0 Å². The van der Waals surface area contributed by atoms with Gasteiger partial charge in [0.2, 0.25) is 10.0 Å². The van der Waals surface area contributed by atoms with E-state index in [9.17, 15) is 8.42 Å². The van der Waals surface area contributed by atoms with Crippen molar-refractivity contribution in [3.8, 4) is 0 Å². The number of hydrogen-bond donors (Lipinski definition) is 3. The van der Waals surface area contributed by atoms with Gasteiger partial charge in [-0.05, 0) is 42.8 Å². The van der Waals surface area contributed by atoms with E-state index in [2.05, 4.69) is 5.32 Å². The molecule has 2 rings (SSSR count). The van der Waals surface area contributed by atoms with Crippen LogP contribution in [0.2, 0.25) is 5.02 Å². The first kappa shape index (κ1) is 15.6. The van der Waals surface area contributed by atoms with Crippen LogP contribution in [0.15, 0.2) is 47.4 Å². The van der Waals surface area contributed by atoms with Crippen molar-refractivity contribution < 1.29 is 8.42 Å². The third kappa shape index (κ3) is 3.87. The quantitative estimate of drug-likeness (QED) is 0.753. The van der Waals surface area contributed by atoms with Crippen LogP contribution in [-0.4, -0.2) is 8.42 Å². The van der Waals surface area contributed by atoms with Gasteiger partial charge in [-0.3, -0.25) is 0 Å². The summed E-state index contributed by atoms with van der Waals surface area (Å²) >= 11 is 5.85. The Morgan fingerprint density at radius 1 is 1.14 bits per heavy atom. The molecule has 1 atom stereocenters. The van der Waals surface area contributed by atoms with Crippen LogP contribution >= 0.6 is 11.6 Å². The first-order chi connectivity index (χ1) is 9.77. The van der Waals surface area contributed by atoms with E-state index in [0.717, 1.165) is 5.56 Å². The number of nitrogens with two attached hydrogens (primary N) is 2. The van der Waals surface area contributed by atoms with Gasteiger partial charge < -0.3 is 11.1 Å². The molecule has 0 spiro atoms. The molecule has 0 saturated carbocycles. The van der Waals surface area contributed by atoms with Crippen molar-refractivity contribution in [1.29, 1.82) is 0 Å². The van der Waals surface area contributed by atoms with Gasteiger partial charge in [0.15, 0.2) is 0 Å². The molecular formula is C14H16ClN3O2S. The van der Waals surface area contributed by atoms with Gasteiger partial charge in [-0.25, -0.2) is 13.6 Å². The number of nitrogen functional groups attached to an aromatic ring is 1. The van der Waals surface area contributed by atoms with Crippen molar-refractivity contribution in [2.75, 3.05) is 11.1 Å². The minimum absolute atomic E-state index is 0.0162. The Morgan fingerprint density at radius 3 is 2.33 bits per heavy atom. The van der Waals surface area contributed by atoms with Crippen LogP contribution < -0.4 is 16.2 Å². The fourth-order valence-electron chi connectivity index (χ4n) is 1.91. The monoisotopic (exact) mass is 325 g/mol. The van der Waals surface area contributed by atoms with Gasteiger partial charge in [0, 0.05) is 11.1 Å². The Balaban J connectivity index is 2.28. The Labute approximate surface area is 129 Å². The highest BCUT2D eigenvalue weighted by Crippen LogP contribution is 2.27. The van der Waals surface area contributed by atoms with E-state index >= 15 is 0 Å². The molecule has 2 aromatic rings. The van der Waals surface area contributed by atoms with Crippen molar-refractivity contribution >= 4 is 33.0 Å². The van der Waals surface area contributed by atoms with Gasteiger partial charge in [-0.2, -0.15) is 0 Å². The molecule has 0 radical (unpaired) electrons. The number of benzene rings is 2. The van der Waals surface area contributed by atoms with Crippen LogP contribution in [0.1, 0.15) is 18.5 Å². The highest BCUT2D eigenvalue weighted by Gasteiger charge is 2.12. The number of rotatable bonds is 4. The summed E-state index contributed by atoms with van der Waals surface area (Å²) in [5.41, 5.74) is 7.83. The zero-order chi connectivity index (χ0) is 15.6. The van der Waals surface area contributed by atoms with Gasteiger partial charge in [0.05, 0.1) is 16.3 Å². The summed E-state index contributed by atoms with van der Waals surface area (Å²) in [6, 6.07) is 11.6. The maximum Gasteiger partial charge on any atom is 0.238 e. The first-order valence-corrected chi connectivity index (χ1v) is 8.14. The standard InChI is InChI=1S/C14H16ClN3O2S/c1-9(10-2-4-11(15)5-3-10)18-14-8-12(21(17,19)20)6-7-13(14)16/h2-9,18H,16H2,1H3,(H2,17,19,20). The SMILES string of the molecule is CC(Nc1cc(S(N)(=O)=O)ccc1N)c1ccc(Cl)cc1. The molecule has 0 fully saturated rings. The summed E-state index contributed by atoms with van der Waals surface area (Å²) in [4.78, 5) is 0.0162. The second-order valence-electron chi connectivity index (χ2n) is 4.71. The molecule has 0 saturated heterocycles. The molecule has 0 aliphatic carbocycles. The molecule has 112 valence electrons. The Bertz CT molecular complexity index is 745. The van der Waals surface area contributed by atoms with E-state index in [1.807, 2.05) is 19.1 Å². The van der Waals surface area contributed by atoms with Gasteiger partial charge in [0.25, 0.3) is 0 Å². The molecule has 5 nitrogen and oxygen atoms in total. The molecule has 0 amide bonds. The molecule has 0 aliphatic heterocycles. The number of sulfonamides is 1. The minimum atomic E-state index is -3.76. The van der Waals surface area contributed by atoms with Crippen molar-refractivity contribution in [2.24, 2.45) is 5.14 Å². The maximum atomic E-state index is 11.4. The van der Waals surface area contributed by atoms with Gasteiger partial charge in [-0.1, -0.05) is 23.7 Å². The van der Waals surface area contributed by atoms with Crippen LogP contribution in [0.5, 0.6) is 0 Å². The zero-order valence-electron chi connectivity index (χ0n) is 11.4. The highest BCUT2D eigenvalue weighted by atomic mass is 35.5. The van der Waals surface area contributed by atoms with Crippen LogP contribution in [0.4, 0.5) is 11.4 Å². The molecular weight excluding hydrogens is 310 g/mol. The second-order valence-corrected chi connectivity index (χ2v) is 6.71. The molecule has 2 aromatic carbocycles. The largest absolute Gasteiger partial charge is 0.397 e. The number of anilines is 2. The lowest BCUT2D eigenvalue weighted by atomic mass is 10.1. The lowest BCUT2D eigenvalue weighted by molar-refractivity contribution is 0.598. The topological polar surface area (TPSA) is 98.2 Å². The summed E-state index contributed by atoms with van der Waals surface area (Å²) in [5.74, 6) is 0. The number of primary sulfonamides is 1. The third-order valence-electron chi connectivity index (χ3n) is 3.10. The normalized spacial score (nSPS) is 12.9. The van der Waals surface area contributed by atoms with Crippen LogP contribution in [0.3, 0.4) is 0 Å². The van der Waals surface area contributed by atoms with Crippen molar-refractivity contribution in [3.63, 3.8) is 0 Å². The smallest absolute Gasteiger partial charge is 0.238 e. The fourth-order valence-corrected chi connectivity index (χ4v) is 2.57. The third-order valence-corrected chi connectivity index (χ3v) is 4.26. The van der Waals surface area contributed by atoms with E-state index in [-0.39, 0.29) is 10.9 Å². The summed E-state index contributed by atoms with van der Waals surface area (Å²) in [7, 11) is -3.76. The number of hydrogen-bond acceptors (Lipinski definition) is 4. The summed E-state index contributed by atoms with van der Waals surface area (Å²) in [6.45, 7) is 1.94. The molecule has 5 N–H and O–H groups in total. The number of nitrogens with one attached hydrogen (secondary N) is 1. The van der Waals surface area contributed by atoms with Crippen molar-refractivity contribution in [2.45, 2.75) is 17.9 Å². The van der Waals surface area contributed by atoms with E-state index in [4.69, 9.17) is 22.5 Å². The van der Waals surface area contributed by atoms with Gasteiger partial charge >= 0.3 is 0 Å². The molecule has 7 heteroatoms. The summed E-state index contributed by atoms with van der Waals surface area (Å²) < 4.78 is 22.8. The summed E-state index contributed by atoms with van der Waals surface area (Å²) in [5, 5.41) is 8.95. The predicted octanol–water partition coefficient (Wildman–Crippen LogP) is 2.74. The van der Waals surface area contributed by atoms with E-state index in [0.29, 0.717) is 16.4 Å². The zero-order valence-corrected chi connectivity index (χ0v) is 12.9. The molecule has 0 bridgehead atoms. The average Bonchev–Trinajstić information content (AvgIpc) is 2.40. The van der Waals surface area contributed by atoms with Crippen molar-refractivity contribution in [3.05, 3.63) is 53.1 Å². The molecule has 21 heavy (non-hydrogen) atoms. The first-order valence-electron chi connectivity index (χ1n) is 6.21. The molecule has 0 heterocycles. The number of halogens is 1. The Morgan fingerprint density at radius 2 is 1.76 bits per heavy atom. The van der Waals surface area contributed by atoms with Crippen LogP contribution in [-0.2, 0) is 10.0 Å². The Kier molecular flexibility index (Phi) is 4.41. The molecule has 0 aromatic heterocycles. The second kappa shape index (κ2) is 5.93. The van der Waals surface area contributed by atoms with E-state index < -0.39 is 10.0 Å². The Hall–Kier alpha value is -1.76. The fraction of sp³-hybridized carbons (Fsp3) is 0.143. The molecule has 1 unspecified atom stereocenters. The average molecular weight is 326 g/mol. The van der Waals surface area contributed by atoms with Crippen molar-refractivity contribution in [1.82, 2.24) is 0 Å². The van der Waals surface area contributed by atoms with Crippen LogP contribution in [0.25, 0.3) is 0 Å². The maximum absolute atomic E-state index is 11.4. The highest BCUT2D eigenvalue weighted by molar-refractivity contribution is 7.89. The summed E-state index contributed by atoms with van der Waals surface area (Å²) in [6.07, 6.45) is 0. The lowest BCUT2D eigenvalue weighted by Crippen LogP contribution is -2.14. The minimum Gasteiger partial charge on any atom is -0.397 e. The predicted molar refractivity (Wildman–Crippen MR) is 85.7 cm³/mol.